The Labute approximate surface area is 118 Å². The van der Waals surface area contributed by atoms with Crippen molar-refractivity contribution in [3.8, 4) is 23.1 Å². The standard InChI is InChI=1S/C15H16N4O/c1-10-11(2)14(20-4)6-5-13(10)12-7-17-15(18-8-12)19(3)9-16/h5-8H,1-4H3. The molecule has 1 aromatic carbocycles. The normalized spacial score (nSPS) is 9.95. The molecule has 0 radical (unpaired) electrons. The quantitative estimate of drug-likeness (QED) is 0.632. The average molecular weight is 268 g/mol. The fourth-order valence-corrected chi connectivity index (χ4v) is 2.01. The first-order chi connectivity index (χ1) is 9.58. The number of hydrogen-bond donors (Lipinski definition) is 0. The molecule has 2 aromatic rings. The van der Waals surface area contributed by atoms with Gasteiger partial charge in [-0.25, -0.2) is 9.97 Å². The van der Waals surface area contributed by atoms with Gasteiger partial charge in [-0.05, 0) is 36.6 Å². The molecule has 2 rings (SSSR count). The van der Waals surface area contributed by atoms with Crippen molar-refractivity contribution in [2.75, 3.05) is 19.1 Å². The zero-order chi connectivity index (χ0) is 14.7. The highest BCUT2D eigenvalue weighted by atomic mass is 16.5. The third-order valence-corrected chi connectivity index (χ3v) is 3.36. The molecular formula is C15H16N4O. The van der Waals surface area contributed by atoms with Crippen LogP contribution in [-0.2, 0) is 0 Å². The van der Waals surface area contributed by atoms with Gasteiger partial charge in [-0.3, -0.25) is 4.90 Å². The van der Waals surface area contributed by atoms with Crippen molar-refractivity contribution in [2.45, 2.75) is 13.8 Å². The summed E-state index contributed by atoms with van der Waals surface area (Å²) in [6.45, 7) is 4.07. The zero-order valence-electron chi connectivity index (χ0n) is 12.0. The van der Waals surface area contributed by atoms with Crippen molar-refractivity contribution in [1.29, 1.82) is 5.26 Å². The number of nitriles is 1. The van der Waals surface area contributed by atoms with Gasteiger partial charge in [0.05, 0.1) is 7.11 Å². The third kappa shape index (κ3) is 2.41. The maximum atomic E-state index is 8.79. The molecule has 1 heterocycles. The van der Waals surface area contributed by atoms with E-state index < -0.39 is 0 Å². The van der Waals surface area contributed by atoms with Crippen LogP contribution in [0.1, 0.15) is 11.1 Å². The number of hydrogen-bond acceptors (Lipinski definition) is 5. The highest BCUT2D eigenvalue weighted by Gasteiger charge is 2.10. The number of anilines is 1. The Balaban J connectivity index is 2.43. The molecule has 0 saturated carbocycles. The van der Waals surface area contributed by atoms with E-state index in [-0.39, 0.29) is 0 Å². The van der Waals surface area contributed by atoms with Crippen LogP contribution in [0.4, 0.5) is 5.95 Å². The maximum absolute atomic E-state index is 8.79. The minimum absolute atomic E-state index is 0.388. The summed E-state index contributed by atoms with van der Waals surface area (Å²) >= 11 is 0. The molecular weight excluding hydrogens is 252 g/mol. The van der Waals surface area contributed by atoms with E-state index in [1.54, 1.807) is 26.6 Å². The van der Waals surface area contributed by atoms with Gasteiger partial charge in [0.1, 0.15) is 5.75 Å². The first-order valence-electron chi connectivity index (χ1n) is 6.18. The van der Waals surface area contributed by atoms with Crippen LogP contribution in [0.5, 0.6) is 5.75 Å². The molecule has 5 nitrogen and oxygen atoms in total. The first kappa shape index (κ1) is 13.8. The Kier molecular flexibility index (Phi) is 3.85. The van der Waals surface area contributed by atoms with Crippen molar-refractivity contribution in [3.05, 3.63) is 35.7 Å². The van der Waals surface area contributed by atoms with Crippen LogP contribution < -0.4 is 9.64 Å². The van der Waals surface area contributed by atoms with Crippen LogP contribution in [0.3, 0.4) is 0 Å². The van der Waals surface area contributed by atoms with Crippen molar-refractivity contribution >= 4 is 5.95 Å². The molecule has 0 N–H and O–H groups in total. The largest absolute Gasteiger partial charge is 0.496 e. The minimum Gasteiger partial charge on any atom is -0.496 e. The summed E-state index contributed by atoms with van der Waals surface area (Å²) in [6, 6.07) is 3.93. The molecule has 0 aliphatic carbocycles. The van der Waals surface area contributed by atoms with Crippen molar-refractivity contribution in [2.24, 2.45) is 0 Å². The lowest BCUT2D eigenvalue weighted by Gasteiger charge is -2.13. The molecule has 0 saturated heterocycles. The zero-order valence-corrected chi connectivity index (χ0v) is 12.0. The number of aromatic nitrogens is 2. The predicted molar refractivity (Wildman–Crippen MR) is 77.5 cm³/mol. The van der Waals surface area contributed by atoms with E-state index >= 15 is 0 Å². The Hall–Kier alpha value is -2.61. The summed E-state index contributed by atoms with van der Waals surface area (Å²) in [6.07, 6.45) is 5.42. The van der Waals surface area contributed by atoms with Gasteiger partial charge in [0.2, 0.25) is 5.95 Å². The third-order valence-electron chi connectivity index (χ3n) is 3.36. The molecule has 0 spiro atoms. The lowest BCUT2D eigenvalue weighted by atomic mass is 9.98. The molecule has 0 aliphatic rings. The second kappa shape index (κ2) is 5.57. The molecule has 20 heavy (non-hydrogen) atoms. The Bertz CT molecular complexity index is 659. The van der Waals surface area contributed by atoms with E-state index in [0.29, 0.717) is 5.95 Å². The van der Waals surface area contributed by atoms with Gasteiger partial charge in [0.25, 0.3) is 0 Å². The first-order valence-corrected chi connectivity index (χ1v) is 6.18. The lowest BCUT2D eigenvalue weighted by molar-refractivity contribution is 0.411. The highest BCUT2D eigenvalue weighted by Crippen LogP contribution is 2.30. The molecule has 102 valence electrons. The minimum atomic E-state index is 0.388. The van der Waals surface area contributed by atoms with Crippen LogP contribution in [0, 0.1) is 25.3 Å². The summed E-state index contributed by atoms with van der Waals surface area (Å²) in [5, 5.41) is 8.79. The van der Waals surface area contributed by atoms with Gasteiger partial charge < -0.3 is 4.74 Å². The summed E-state index contributed by atoms with van der Waals surface area (Å²) in [4.78, 5) is 9.72. The molecule has 0 amide bonds. The van der Waals surface area contributed by atoms with Crippen LogP contribution in [0.2, 0.25) is 0 Å². The Morgan fingerprint density at radius 1 is 1.15 bits per heavy atom. The number of nitrogens with zero attached hydrogens (tertiary/aromatic N) is 4. The van der Waals surface area contributed by atoms with Crippen molar-refractivity contribution in [3.63, 3.8) is 0 Å². The lowest BCUT2D eigenvalue weighted by Crippen LogP contribution is -2.11. The van der Waals surface area contributed by atoms with Crippen LogP contribution in [0.25, 0.3) is 11.1 Å². The van der Waals surface area contributed by atoms with E-state index in [1.807, 2.05) is 32.2 Å². The van der Waals surface area contributed by atoms with E-state index in [0.717, 1.165) is 28.0 Å². The van der Waals surface area contributed by atoms with E-state index in [2.05, 4.69) is 9.97 Å². The van der Waals surface area contributed by atoms with Crippen LogP contribution in [0.15, 0.2) is 24.5 Å². The van der Waals surface area contributed by atoms with Gasteiger partial charge in [0.15, 0.2) is 6.19 Å². The SMILES string of the molecule is COc1ccc(-c2cnc(N(C)C#N)nc2)c(C)c1C. The monoisotopic (exact) mass is 268 g/mol. The molecule has 5 heteroatoms. The van der Waals surface area contributed by atoms with E-state index in [9.17, 15) is 0 Å². The highest BCUT2D eigenvalue weighted by molar-refractivity contribution is 5.69. The van der Waals surface area contributed by atoms with Crippen molar-refractivity contribution in [1.82, 2.24) is 9.97 Å². The Morgan fingerprint density at radius 3 is 2.35 bits per heavy atom. The summed E-state index contributed by atoms with van der Waals surface area (Å²) < 4.78 is 5.31. The van der Waals surface area contributed by atoms with E-state index in [4.69, 9.17) is 10.00 Å². The maximum Gasteiger partial charge on any atom is 0.238 e. The van der Waals surface area contributed by atoms with Gasteiger partial charge in [-0.2, -0.15) is 5.26 Å². The second-order valence-corrected chi connectivity index (χ2v) is 4.50. The fourth-order valence-electron chi connectivity index (χ4n) is 2.01. The van der Waals surface area contributed by atoms with Gasteiger partial charge in [0, 0.05) is 25.0 Å². The number of methoxy groups -OCH3 is 1. The summed E-state index contributed by atoms with van der Waals surface area (Å²) in [7, 11) is 3.29. The topological polar surface area (TPSA) is 62.0 Å². The van der Waals surface area contributed by atoms with Gasteiger partial charge in [-0.1, -0.05) is 6.07 Å². The molecule has 0 fully saturated rings. The summed E-state index contributed by atoms with van der Waals surface area (Å²) in [5.41, 5.74) is 4.22. The molecule has 0 bridgehead atoms. The smallest absolute Gasteiger partial charge is 0.238 e. The molecule has 0 unspecified atom stereocenters. The van der Waals surface area contributed by atoms with Crippen LogP contribution in [-0.4, -0.2) is 24.1 Å². The Morgan fingerprint density at radius 2 is 1.80 bits per heavy atom. The van der Waals surface area contributed by atoms with E-state index in [1.165, 1.54) is 4.90 Å². The van der Waals surface area contributed by atoms with Crippen LogP contribution >= 0.6 is 0 Å². The predicted octanol–water partition coefficient (Wildman–Crippen LogP) is 2.69. The summed E-state index contributed by atoms with van der Waals surface area (Å²) in [5.74, 6) is 1.26. The fraction of sp³-hybridized carbons (Fsp3) is 0.267. The molecule has 0 aliphatic heterocycles. The number of ether oxygens (including phenoxy) is 1. The average Bonchev–Trinajstić information content (AvgIpc) is 2.49. The number of benzene rings is 1. The van der Waals surface area contributed by atoms with Gasteiger partial charge in [-0.15, -0.1) is 0 Å². The van der Waals surface area contributed by atoms with Crippen molar-refractivity contribution < 1.29 is 4.74 Å². The molecule has 1 aromatic heterocycles. The number of rotatable bonds is 3. The van der Waals surface area contributed by atoms with Gasteiger partial charge >= 0.3 is 0 Å². The second-order valence-electron chi connectivity index (χ2n) is 4.50. The molecule has 0 atom stereocenters.